The molecule has 1 aliphatic rings. The molecule has 8 heteroatoms. The van der Waals surface area contributed by atoms with Crippen molar-refractivity contribution in [1.82, 2.24) is 29.8 Å². The van der Waals surface area contributed by atoms with Gasteiger partial charge < -0.3 is 9.72 Å². The monoisotopic (exact) mass is 406 g/mol. The van der Waals surface area contributed by atoms with Gasteiger partial charge in [0.2, 0.25) is 0 Å². The van der Waals surface area contributed by atoms with Gasteiger partial charge in [-0.3, -0.25) is 14.7 Å². The number of pyridine rings is 1. The minimum atomic E-state index is -0.121. The predicted octanol–water partition coefficient (Wildman–Crippen LogP) is 2.19. The van der Waals surface area contributed by atoms with Crippen LogP contribution in [0.25, 0.3) is 11.4 Å². The van der Waals surface area contributed by atoms with E-state index in [1.807, 2.05) is 24.5 Å². The molecule has 1 aliphatic heterocycles. The lowest BCUT2D eigenvalue weighted by atomic mass is 9.94. The Kier molecular flexibility index (Phi) is 6.56. The molecule has 0 saturated carbocycles. The average molecular weight is 406 g/mol. The molecule has 0 radical (unpaired) electrons. The SMILES string of the molecule is COCCc1ncc(CN2CCCC(c3cc(=O)[nH]c(-c4ccncc4)n3)C2)cn1. The Morgan fingerprint density at radius 1 is 1.23 bits per heavy atom. The number of nitrogens with zero attached hydrogens (tertiary/aromatic N) is 5. The lowest BCUT2D eigenvalue weighted by molar-refractivity contribution is 0.197. The lowest BCUT2D eigenvalue weighted by Gasteiger charge is -2.32. The molecule has 1 N–H and O–H groups in total. The van der Waals surface area contributed by atoms with E-state index >= 15 is 0 Å². The number of aromatic nitrogens is 5. The first-order chi connectivity index (χ1) is 14.7. The molecule has 0 spiro atoms. The van der Waals surface area contributed by atoms with Gasteiger partial charge in [0.25, 0.3) is 5.56 Å². The zero-order chi connectivity index (χ0) is 20.8. The average Bonchev–Trinajstić information content (AvgIpc) is 2.79. The van der Waals surface area contributed by atoms with Crippen molar-refractivity contribution in [2.75, 3.05) is 26.8 Å². The summed E-state index contributed by atoms with van der Waals surface area (Å²) < 4.78 is 5.07. The summed E-state index contributed by atoms with van der Waals surface area (Å²) in [6.07, 6.45) is 10.0. The third-order valence-corrected chi connectivity index (χ3v) is 5.33. The molecule has 156 valence electrons. The van der Waals surface area contributed by atoms with Gasteiger partial charge in [-0.2, -0.15) is 0 Å². The van der Waals surface area contributed by atoms with Crippen LogP contribution in [0.2, 0.25) is 0 Å². The fraction of sp³-hybridized carbons (Fsp3) is 0.409. The Bertz CT molecular complexity index is 1010. The first kappa shape index (κ1) is 20.3. The van der Waals surface area contributed by atoms with E-state index in [9.17, 15) is 4.79 Å². The fourth-order valence-electron chi connectivity index (χ4n) is 3.82. The number of aromatic amines is 1. The number of H-pyrrole nitrogens is 1. The van der Waals surface area contributed by atoms with E-state index in [1.165, 1.54) is 0 Å². The van der Waals surface area contributed by atoms with Crippen molar-refractivity contribution in [2.45, 2.75) is 31.7 Å². The maximum Gasteiger partial charge on any atom is 0.251 e. The smallest absolute Gasteiger partial charge is 0.251 e. The van der Waals surface area contributed by atoms with Crippen LogP contribution in [0.15, 0.2) is 47.8 Å². The molecule has 4 heterocycles. The van der Waals surface area contributed by atoms with Crippen LogP contribution in [0.5, 0.6) is 0 Å². The second kappa shape index (κ2) is 9.69. The number of rotatable bonds is 7. The Morgan fingerprint density at radius 3 is 2.80 bits per heavy atom. The van der Waals surface area contributed by atoms with Gasteiger partial charge in [-0.1, -0.05) is 0 Å². The summed E-state index contributed by atoms with van der Waals surface area (Å²) in [5, 5.41) is 0. The highest BCUT2D eigenvalue weighted by molar-refractivity contribution is 5.53. The van der Waals surface area contributed by atoms with E-state index in [-0.39, 0.29) is 11.5 Å². The summed E-state index contributed by atoms with van der Waals surface area (Å²) in [4.78, 5) is 35.1. The summed E-state index contributed by atoms with van der Waals surface area (Å²) in [5.41, 5.74) is 2.68. The van der Waals surface area contributed by atoms with Crippen molar-refractivity contribution in [3.05, 3.63) is 70.4 Å². The van der Waals surface area contributed by atoms with Crippen LogP contribution in [-0.4, -0.2) is 56.6 Å². The van der Waals surface area contributed by atoms with Crippen LogP contribution in [0.4, 0.5) is 0 Å². The Labute approximate surface area is 175 Å². The van der Waals surface area contributed by atoms with Gasteiger partial charge in [0.05, 0.1) is 12.3 Å². The second-order valence-electron chi connectivity index (χ2n) is 7.58. The van der Waals surface area contributed by atoms with E-state index in [2.05, 4.69) is 24.8 Å². The molecule has 0 amide bonds. The molecule has 8 nitrogen and oxygen atoms in total. The van der Waals surface area contributed by atoms with E-state index in [0.717, 1.165) is 61.5 Å². The summed E-state index contributed by atoms with van der Waals surface area (Å²) in [5.74, 6) is 1.62. The third kappa shape index (κ3) is 5.14. The first-order valence-electron chi connectivity index (χ1n) is 10.2. The third-order valence-electron chi connectivity index (χ3n) is 5.33. The topological polar surface area (TPSA) is 96.9 Å². The Balaban J connectivity index is 1.45. The first-order valence-corrected chi connectivity index (χ1v) is 10.2. The van der Waals surface area contributed by atoms with Crippen molar-refractivity contribution in [3.8, 4) is 11.4 Å². The highest BCUT2D eigenvalue weighted by Gasteiger charge is 2.23. The number of hydrogen-bond donors (Lipinski definition) is 1. The molecule has 1 saturated heterocycles. The van der Waals surface area contributed by atoms with Crippen LogP contribution < -0.4 is 5.56 Å². The van der Waals surface area contributed by atoms with Crippen molar-refractivity contribution >= 4 is 0 Å². The molecule has 0 aliphatic carbocycles. The van der Waals surface area contributed by atoms with Crippen LogP contribution >= 0.6 is 0 Å². The maximum atomic E-state index is 12.3. The molecule has 4 rings (SSSR count). The lowest BCUT2D eigenvalue weighted by Crippen LogP contribution is -2.34. The molecular weight excluding hydrogens is 380 g/mol. The summed E-state index contributed by atoms with van der Waals surface area (Å²) in [7, 11) is 1.68. The highest BCUT2D eigenvalue weighted by Crippen LogP contribution is 2.27. The molecule has 1 fully saturated rings. The van der Waals surface area contributed by atoms with Crippen LogP contribution in [0.1, 0.15) is 35.8 Å². The van der Waals surface area contributed by atoms with Gasteiger partial charge in [-0.25, -0.2) is 15.0 Å². The second-order valence-corrected chi connectivity index (χ2v) is 7.58. The van der Waals surface area contributed by atoms with Crippen LogP contribution in [-0.2, 0) is 17.7 Å². The number of ether oxygens (including phenoxy) is 1. The van der Waals surface area contributed by atoms with Gasteiger partial charge in [-0.05, 0) is 31.5 Å². The number of methoxy groups -OCH3 is 1. The number of piperidine rings is 1. The van der Waals surface area contributed by atoms with E-state index in [0.29, 0.717) is 12.4 Å². The van der Waals surface area contributed by atoms with Gasteiger partial charge >= 0.3 is 0 Å². The minimum absolute atomic E-state index is 0.121. The van der Waals surface area contributed by atoms with Crippen molar-refractivity contribution in [3.63, 3.8) is 0 Å². The summed E-state index contributed by atoms with van der Waals surface area (Å²) in [6.45, 7) is 3.29. The summed E-state index contributed by atoms with van der Waals surface area (Å²) in [6, 6.07) is 5.34. The van der Waals surface area contributed by atoms with Crippen molar-refractivity contribution < 1.29 is 4.74 Å². The predicted molar refractivity (Wildman–Crippen MR) is 113 cm³/mol. The quantitative estimate of drug-likeness (QED) is 0.642. The van der Waals surface area contributed by atoms with Gasteiger partial charge in [0.15, 0.2) is 0 Å². The molecule has 3 aromatic rings. The normalized spacial score (nSPS) is 17.2. The minimum Gasteiger partial charge on any atom is -0.384 e. The van der Waals surface area contributed by atoms with E-state index in [4.69, 9.17) is 9.72 Å². The molecule has 0 aromatic carbocycles. The van der Waals surface area contributed by atoms with Crippen LogP contribution in [0, 0.1) is 0 Å². The number of likely N-dealkylation sites (tertiary alicyclic amines) is 1. The van der Waals surface area contributed by atoms with Gasteiger partial charge in [-0.15, -0.1) is 0 Å². The van der Waals surface area contributed by atoms with Gasteiger partial charge in [0.1, 0.15) is 11.6 Å². The zero-order valence-corrected chi connectivity index (χ0v) is 17.1. The standard InChI is InChI=1S/C22H26N6O2/c1-30-10-6-20-24-12-16(13-25-20)14-28-9-2-3-18(15-28)19-11-21(29)27-22(26-19)17-4-7-23-8-5-17/h4-5,7-8,11-13,18H,2-3,6,9-10,14-15H2,1H3,(H,26,27,29). The van der Waals surface area contributed by atoms with E-state index < -0.39 is 0 Å². The number of nitrogens with one attached hydrogen (secondary N) is 1. The number of hydrogen-bond acceptors (Lipinski definition) is 7. The zero-order valence-electron chi connectivity index (χ0n) is 17.1. The molecular formula is C22H26N6O2. The molecule has 1 atom stereocenters. The fourth-order valence-corrected chi connectivity index (χ4v) is 3.82. The van der Waals surface area contributed by atoms with Crippen molar-refractivity contribution in [1.29, 1.82) is 0 Å². The molecule has 30 heavy (non-hydrogen) atoms. The van der Waals surface area contributed by atoms with Gasteiger partial charge in [0, 0.05) is 74.5 Å². The van der Waals surface area contributed by atoms with Crippen LogP contribution in [0.3, 0.4) is 0 Å². The molecule has 1 unspecified atom stereocenters. The summed E-state index contributed by atoms with van der Waals surface area (Å²) >= 11 is 0. The van der Waals surface area contributed by atoms with Crippen molar-refractivity contribution in [2.24, 2.45) is 0 Å². The largest absolute Gasteiger partial charge is 0.384 e. The maximum absolute atomic E-state index is 12.3. The Hall–Kier alpha value is -2.97. The van der Waals surface area contributed by atoms with E-state index in [1.54, 1.807) is 25.6 Å². The highest BCUT2D eigenvalue weighted by atomic mass is 16.5. The Morgan fingerprint density at radius 2 is 2.03 bits per heavy atom. The molecule has 0 bridgehead atoms. The molecule has 3 aromatic heterocycles.